The number of rotatable bonds is 4. The molecule has 0 bridgehead atoms. The molecule has 0 aliphatic carbocycles. The minimum atomic E-state index is -0.166. The topological polar surface area (TPSA) is 59.8 Å². The fourth-order valence-electron chi connectivity index (χ4n) is 2.63. The average Bonchev–Trinajstić information content (AvgIpc) is 3.36. The maximum absolute atomic E-state index is 12.6. The van der Waals surface area contributed by atoms with Gasteiger partial charge in [-0.1, -0.05) is 35.1 Å². The van der Waals surface area contributed by atoms with Gasteiger partial charge in [-0.15, -0.1) is 11.3 Å². The van der Waals surface area contributed by atoms with Gasteiger partial charge in [0.1, 0.15) is 0 Å². The molecular weight excluding hydrogens is 400 g/mol. The number of carbonyl (C=O) groups is 1. The van der Waals surface area contributed by atoms with Crippen molar-refractivity contribution in [1.29, 1.82) is 0 Å². The Morgan fingerprint density at radius 3 is 2.63 bits per heavy atom. The van der Waals surface area contributed by atoms with Gasteiger partial charge in [0, 0.05) is 29.3 Å². The molecule has 136 valence electrons. The Kier molecular flexibility index (Phi) is 4.82. The number of benzene rings is 1. The monoisotopic (exact) mass is 414 g/mol. The molecule has 0 atom stereocenters. The number of amides is 1. The van der Waals surface area contributed by atoms with Crippen molar-refractivity contribution in [1.82, 2.24) is 14.5 Å². The summed E-state index contributed by atoms with van der Waals surface area (Å²) in [5.41, 5.74) is 1.88. The standard InChI is InChI=1S/C19H15ClN4OS2/c1-11-16(17-21-9-10-24(17)2)27-19(22-11)23-18(25)15-8-7-14(26-15)12-3-5-13(20)6-4-12/h3-10H,1-2H3,(H,22,23,25). The van der Waals surface area contributed by atoms with Gasteiger partial charge in [0.25, 0.3) is 5.91 Å². The van der Waals surface area contributed by atoms with E-state index >= 15 is 0 Å². The summed E-state index contributed by atoms with van der Waals surface area (Å²) in [5.74, 6) is 0.673. The van der Waals surface area contributed by atoms with Gasteiger partial charge in [0.15, 0.2) is 11.0 Å². The van der Waals surface area contributed by atoms with Crippen LogP contribution in [-0.2, 0) is 7.05 Å². The van der Waals surface area contributed by atoms with Crippen molar-refractivity contribution in [3.8, 4) is 21.1 Å². The van der Waals surface area contributed by atoms with Crippen molar-refractivity contribution in [3.63, 3.8) is 0 Å². The first kappa shape index (κ1) is 17.9. The zero-order valence-electron chi connectivity index (χ0n) is 14.6. The first-order valence-corrected chi connectivity index (χ1v) is 10.1. The third-order valence-corrected chi connectivity index (χ3v) is 6.45. The summed E-state index contributed by atoms with van der Waals surface area (Å²) < 4.78 is 1.93. The van der Waals surface area contributed by atoms with Crippen LogP contribution in [0.15, 0.2) is 48.8 Å². The number of carbonyl (C=O) groups excluding carboxylic acids is 1. The lowest BCUT2D eigenvalue weighted by Gasteiger charge is -1.99. The molecule has 8 heteroatoms. The molecule has 0 saturated heterocycles. The highest BCUT2D eigenvalue weighted by molar-refractivity contribution is 7.19. The molecule has 5 nitrogen and oxygen atoms in total. The number of nitrogens with zero attached hydrogens (tertiary/aromatic N) is 3. The van der Waals surface area contributed by atoms with E-state index in [9.17, 15) is 4.79 Å². The molecule has 0 fully saturated rings. The lowest BCUT2D eigenvalue weighted by Crippen LogP contribution is -2.09. The average molecular weight is 415 g/mol. The summed E-state index contributed by atoms with van der Waals surface area (Å²) >= 11 is 8.79. The fourth-order valence-corrected chi connectivity index (χ4v) is 4.66. The molecule has 1 N–H and O–H groups in total. The molecule has 0 aliphatic heterocycles. The van der Waals surface area contributed by atoms with Crippen molar-refractivity contribution in [2.75, 3.05) is 5.32 Å². The molecule has 4 rings (SSSR count). The van der Waals surface area contributed by atoms with E-state index in [-0.39, 0.29) is 5.91 Å². The maximum atomic E-state index is 12.6. The molecule has 0 radical (unpaired) electrons. The summed E-state index contributed by atoms with van der Waals surface area (Å²) in [5, 5.41) is 4.15. The second-order valence-corrected chi connectivity index (χ2v) is 8.44. The van der Waals surface area contributed by atoms with E-state index in [1.54, 1.807) is 6.20 Å². The van der Waals surface area contributed by atoms with Crippen LogP contribution in [0.2, 0.25) is 5.02 Å². The number of hydrogen-bond donors (Lipinski definition) is 1. The van der Waals surface area contributed by atoms with E-state index in [0.717, 1.165) is 26.8 Å². The molecule has 3 aromatic heterocycles. The number of thiophene rings is 1. The van der Waals surface area contributed by atoms with Gasteiger partial charge in [0.2, 0.25) is 0 Å². The Morgan fingerprint density at radius 1 is 1.15 bits per heavy atom. The van der Waals surface area contributed by atoms with E-state index in [1.165, 1.54) is 22.7 Å². The van der Waals surface area contributed by atoms with Crippen molar-refractivity contribution in [2.45, 2.75) is 6.92 Å². The molecule has 1 amide bonds. The third kappa shape index (κ3) is 3.66. The maximum Gasteiger partial charge on any atom is 0.267 e. The van der Waals surface area contributed by atoms with E-state index in [4.69, 9.17) is 11.6 Å². The first-order valence-electron chi connectivity index (χ1n) is 8.13. The Bertz CT molecular complexity index is 1110. The van der Waals surface area contributed by atoms with Crippen LogP contribution in [0.5, 0.6) is 0 Å². The number of aryl methyl sites for hydroxylation is 2. The highest BCUT2D eigenvalue weighted by Crippen LogP contribution is 2.33. The quantitative estimate of drug-likeness (QED) is 0.480. The minimum Gasteiger partial charge on any atom is -0.333 e. The lowest BCUT2D eigenvalue weighted by molar-refractivity contribution is 0.103. The van der Waals surface area contributed by atoms with Crippen molar-refractivity contribution in [3.05, 3.63) is 64.4 Å². The molecule has 0 aliphatic rings. The number of anilines is 1. The fraction of sp³-hybridized carbons (Fsp3) is 0.105. The highest BCUT2D eigenvalue weighted by Gasteiger charge is 2.17. The van der Waals surface area contributed by atoms with Crippen molar-refractivity contribution in [2.24, 2.45) is 7.05 Å². The second kappa shape index (κ2) is 7.26. The smallest absolute Gasteiger partial charge is 0.267 e. The van der Waals surface area contributed by atoms with Gasteiger partial charge < -0.3 is 4.57 Å². The van der Waals surface area contributed by atoms with Gasteiger partial charge in [0.05, 0.1) is 15.4 Å². The van der Waals surface area contributed by atoms with Crippen LogP contribution >= 0.6 is 34.3 Å². The molecular formula is C19H15ClN4OS2. The molecule has 0 unspecified atom stereocenters. The summed E-state index contributed by atoms with van der Waals surface area (Å²) in [7, 11) is 1.93. The van der Waals surface area contributed by atoms with E-state index in [1.807, 2.05) is 61.1 Å². The molecule has 0 saturated carbocycles. The summed E-state index contributed by atoms with van der Waals surface area (Å²) in [6.45, 7) is 1.92. The van der Waals surface area contributed by atoms with Crippen molar-refractivity contribution < 1.29 is 4.79 Å². The van der Waals surface area contributed by atoms with E-state index in [0.29, 0.717) is 15.0 Å². The Hall–Kier alpha value is -2.48. The van der Waals surface area contributed by atoms with Crippen LogP contribution in [-0.4, -0.2) is 20.4 Å². The van der Waals surface area contributed by atoms with Crippen LogP contribution in [0.25, 0.3) is 21.1 Å². The third-order valence-electron chi connectivity index (χ3n) is 4.00. The zero-order chi connectivity index (χ0) is 19.0. The van der Waals surface area contributed by atoms with Gasteiger partial charge in [-0.2, -0.15) is 0 Å². The Balaban J connectivity index is 1.53. The lowest BCUT2D eigenvalue weighted by atomic mass is 10.2. The molecule has 4 aromatic rings. The van der Waals surface area contributed by atoms with Gasteiger partial charge in [-0.25, -0.2) is 9.97 Å². The number of thiazole rings is 1. The summed E-state index contributed by atoms with van der Waals surface area (Å²) in [4.78, 5) is 24.0. The first-order chi connectivity index (χ1) is 13.0. The van der Waals surface area contributed by atoms with Gasteiger partial charge in [-0.05, 0) is 36.8 Å². The van der Waals surface area contributed by atoms with Crippen molar-refractivity contribution >= 4 is 45.3 Å². The van der Waals surface area contributed by atoms with Gasteiger partial charge >= 0.3 is 0 Å². The molecule has 3 heterocycles. The minimum absolute atomic E-state index is 0.166. The van der Waals surface area contributed by atoms with Crippen LogP contribution in [0.3, 0.4) is 0 Å². The highest BCUT2D eigenvalue weighted by atomic mass is 35.5. The molecule has 1 aromatic carbocycles. The normalized spacial score (nSPS) is 10.9. The largest absolute Gasteiger partial charge is 0.333 e. The molecule has 0 spiro atoms. The number of halogens is 1. The van der Waals surface area contributed by atoms with Crippen LogP contribution in [0, 0.1) is 6.92 Å². The number of nitrogens with one attached hydrogen (secondary N) is 1. The number of aromatic nitrogens is 3. The second-order valence-electron chi connectivity index (χ2n) is 5.92. The van der Waals surface area contributed by atoms with E-state index < -0.39 is 0 Å². The Morgan fingerprint density at radius 2 is 1.93 bits per heavy atom. The predicted molar refractivity (Wildman–Crippen MR) is 112 cm³/mol. The number of hydrogen-bond acceptors (Lipinski definition) is 5. The van der Waals surface area contributed by atoms with Crippen LogP contribution < -0.4 is 5.32 Å². The number of imidazole rings is 1. The van der Waals surface area contributed by atoms with Crippen LogP contribution in [0.1, 0.15) is 15.4 Å². The Labute approximate surface area is 169 Å². The van der Waals surface area contributed by atoms with E-state index in [2.05, 4.69) is 15.3 Å². The summed E-state index contributed by atoms with van der Waals surface area (Å²) in [6.07, 6.45) is 3.63. The van der Waals surface area contributed by atoms with Crippen LogP contribution in [0.4, 0.5) is 5.13 Å². The molecule has 27 heavy (non-hydrogen) atoms. The SMILES string of the molecule is Cc1nc(NC(=O)c2ccc(-c3ccc(Cl)cc3)s2)sc1-c1nccn1C. The summed E-state index contributed by atoms with van der Waals surface area (Å²) in [6, 6.07) is 11.3. The van der Waals surface area contributed by atoms with Gasteiger partial charge in [-0.3, -0.25) is 10.1 Å². The zero-order valence-corrected chi connectivity index (χ0v) is 17.0. The predicted octanol–water partition coefficient (Wildman–Crippen LogP) is 5.49.